The maximum Gasteiger partial charge on any atom is 0.213 e. The largest absolute Gasteiger partial charge is 0.302 e. The molecule has 5 heteroatoms. The molecule has 0 aliphatic carbocycles. The average molecular weight is 284 g/mol. The second kappa shape index (κ2) is 7.62. The first-order chi connectivity index (χ1) is 8.92. The molecule has 0 fully saturated rings. The molecular formula is C14H24N2O2S. The van der Waals surface area contributed by atoms with Crippen molar-refractivity contribution in [2.24, 2.45) is 0 Å². The highest BCUT2D eigenvalue weighted by Crippen LogP contribution is 2.03. The summed E-state index contributed by atoms with van der Waals surface area (Å²) in [5.74, 6) is 0. The van der Waals surface area contributed by atoms with Gasteiger partial charge in [-0.15, -0.1) is 0 Å². The molecule has 0 aliphatic rings. The molecule has 0 aliphatic heterocycles. The van der Waals surface area contributed by atoms with Crippen LogP contribution in [0.15, 0.2) is 30.3 Å². The number of nitrogens with zero attached hydrogens (tertiary/aromatic N) is 1. The second-order valence-corrected chi connectivity index (χ2v) is 7.39. The van der Waals surface area contributed by atoms with Crippen LogP contribution in [0, 0.1) is 0 Å². The Balaban J connectivity index is 2.23. The summed E-state index contributed by atoms with van der Waals surface area (Å²) in [4.78, 5) is 2.19. The molecule has 0 atom stereocenters. The first kappa shape index (κ1) is 16.1. The summed E-state index contributed by atoms with van der Waals surface area (Å²) in [6, 6.07) is 10.3. The number of sulfonamides is 1. The van der Waals surface area contributed by atoms with Gasteiger partial charge in [0.1, 0.15) is 0 Å². The predicted molar refractivity (Wildman–Crippen MR) is 79.5 cm³/mol. The minimum Gasteiger partial charge on any atom is -0.302 e. The van der Waals surface area contributed by atoms with E-state index in [1.165, 1.54) is 5.56 Å². The van der Waals surface area contributed by atoms with Gasteiger partial charge in [0, 0.05) is 13.1 Å². The van der Waals surface area contributed by atoms with Gasteiger partial charge in [0.05, 0.1) is 5.25 Å². The van der Waals surface area contributed by atoms with Crippen LogP contribution in [-0.2, 0) is 16.6 Å². The van der Waals surface area contributed by atoms with E-state index in [0.29, 0.717) is 6.54 Å². The minimum absolute atomic E-state index is 0.366. The van der Waals surface area contributed by atoms with Crippen LogP contribution in [-0.4, -0.2) is 38.7 Å². The highest BCUT2D eigenvalue weighted by atomic mass is 32.2. The fourth-order valence-electron chi connectivity index (χ4n) is 1.70. The molecule has 0 amide bonds. The molecule has 19 heavy (non-hydrogen) atoms. The Morgan fingerprint density at radius 3 is 2.42 bits per heavy atom. The van der Waals surface area contributed by atoms with Gasteiger partial charge < -0.3 is 4.90 Å². The summed E-state index contributed by atoms with van der Waals surface area (Å²) in [7, 11) is -1.08. The van der Waals surface area contributed by atoms with Crippen LogP contribution in [0.4, 0.5) is 0 Å². The van der Waals surface area contributed by atoms with Gasteiger partial charge in [-0.25, -0.2) is 13.1 Å². The normalized spacial score (nSPS) is 12.3. The van der Waals surface area contributed by atoms with Crippen molar-refractivity contribution in [3.05, 3.63) is 35.9 Å². The molecule has 0 saturated carbocycles. The lowest BCUT2D eigenvalue weighted by Gasteiger charge is -2.17. The Labute approximate surface area is 116 Å². The minimum atomic E-state index is -3.12. The highest BCUT2D eigenvalue weighted by Gasteiger charge is 2.14. The van der Waals surface area contributed by atoms with E-state index < -0.39 is 10.0 Å². The Morgan fingerprint density at radius 1 is 1.21 bits per heavy atom. The fourth-order valence-corrected chi connectivity index (χ4v) is 2.47. The lowest BCUT2D eigenvalue weighted by atomic mass is 10.2. The topological polar surface area (TPSA) is 49.4 Å². The van der Waals surface area contributed by atoms with Gasteiger partial charge in [0.25, 0.3) is 0 Å². The number of hydrogen-bond donors (Lipinski definition) is 1. The fraction of sp³-hybridized carbons (Fsp3) is 0.571. The molecule has 4 nitrogen and oxygen atoms in total. The Hall–Kier alpha value is -0.910. The van der Waals surface area contributed by atoms with E-state index in [2.05, 4.69) is 21.8 Å². The van der Waals surface area contributed by atoms with Crippen LogP contribution in [0.25, 0.3) is 0 Å². The highest BCUT2D eigenvalue weighted by molar-refractivity contribution is 7.90. The zero-order valence-corrected chi connectivity index (χ0v) is 12.8. The first-order valence-electron chi connectivity index (χ1n) is 6.63. The summed E-state index contributed by atoms with van der Waals surface area (Å²) in [6.07, 6.45) is 0.815. The van der Waals surface area contributed by atoms with Crippen LogP contribution in [0.1, 0.15) is 25.8 Å². The maximum atomic E-state index is 11.5. The summed E-state index contributed by atoms with van der Waals surface area (Å²) in [5.41, 5.74) is 1.27. The van der Waals surface area contributed by atoms with E-state index in [9.17, 15) is 8.42 Å². The summed E-state index contributed by atoms with van der Waals surface area (Å²) >= 11 is 0. The van der Waals surface area contributed by atoms with E-state index in [-0.39, 0.29) is 5.25 Å². The van der Waals surface area contributed by atoms with Gasteiger partial charge in [0.15, 0.2) is 0 Å². The summed E-state index contributed by atoms with van der Waals surface area (Å²) in [6.45, 7) is 5.63. The van der Waals surface area contributed by atoms with Crippen molar-refractivity contribution < 1.29 is 8.42 Å². The van der Waals surface area contributed by atoms with Crippen LogP contribution < -0.4 is 4.72 Å². The van der Waals surface area contributed by atoms with E-state index in [0.717, 1.165) is 19.5 Å². The van der Waals surface area contributed by atoms with Crippen molar-refractivity contribution in [2.75, 3.05) is 20.1 Å². The number of nitrogens with one attached hydrogen (secondary N) is 1. The lowest BCUT2D eigenvalue weighted by Crippen LogP contribution is -2.33. The van der Waals surface area contributed by atoms with E-state index >= 15 is 0 Å². The number of hydrogen-bond acceptors (Lipinski definition) is 3. The molecule has 0 unspecified atom stereocenters. The number of benzene rings is 1. The molecule has 1 N–H and O–H groups in total. The maximum absolute atomic E-state index is 11.5. The lowest BCUT2D eigenvalue weighted by molar-refractivity contribution is 0.322. The molecular weight excluding hydrogens is 260 g/mol. The number of rotatable bonds is 8. The van der Waals surface area contributed by atoms with Crippen LogP contribution in [0.5, 0.6) is 0 Å². The van der Waals surface area contributed by atoms with Crippen molar-refractivity contribution in [1.82, 2.24) is 9.62 Å². The van der Waals surface area contributed by atoms with Crippen molar-refractivity contribution in [1.29, 1.82) is 0 Å². The standard InChI is InChI=1S/C14H24N2O2S/c1-13(2)19(17,18)15-10-7-11-16(3)12-14-8-5-4-6-9-14/h4-6,8-9,13,15H,7,10-12H2,1-3H3. The molecule has 0 aromatic heterocycles. The third kappa shape index (κ3) is 6.18. The molecule has 1 aromatic rings. The molecule has 0 heterocycles. The Morgan fingerprint density at radius 2 is 1.84 bits per heavy atom. The molecule has 0 bridgehead atoms. The Kier molecular flexibility index (Phi) is 6.48. The molecule has 0 saturated heterocycles. The van der Waals surface area contributed by atoms with Crippen molar-refractivity contribution in [3.63, 3.8) is 0 Å². The molecule has 1 aromatic carbocycles. The first-order valence-corrected chi connectivity index (χ1v) is 8.17. The summed E-state index contributed by atoms with van der Waals surface area (Å²) < 4.78 is 25.7. The van der Waals surface area contributed by atoms with Crippen LogP contribution in [0.2, 0.25) is 0 Å². The quantitative estimate of drug-likeness (QED) is 0.741. The molecule has 108 valence electrons. The van der Waals surface area contributed by atoms with Crippen molar-refractivity contribution in [2.45, 2.75) is 32.1 Å². The van der Waals surface area contributed by atoms with Crippen LogP contribution in [0.3, 0.4) is 0 Å². The van der Waals surface area contributed by atoms with E-state index in [1.54, 1.807) is 13.8 Å². The average Bonchev–Trinajstić information content (AvgIpc) is 2.36. The van der Waals surface area contributed by atoms with Gasteiger partial charge in [-0.05, 0) is 39.4 Å². The van der Waals surface area contributed by atoms with Gasteiger partial charge in [0.2, 0.25) is 10.0 Å². The SMILES string of the molecule is CC(C)S(=O)(=O)NCCCN(C)Cc1ccccc1. The van der Waals surface area contributed by atoms with Crippen molar-refractivity contribution >= 4 is 10.0 Å². The van der Waals surface area contributed by atoms with Gasteiger partial charge in [-0.1, -0.05) is 30.3 Å². The predicted octanol–water partition coefficient (Wildman–Crippen LogP) is 1.84. The smallest absolute Gasteiger partial charge is 0.213 e. The van der Waals surface area contributed by atoms with Gasteiger partial charge >= 0.3 is 0 Å². The second-order valence-electron chi connectivity index (χ2n) is 5.07. The van der Waals surface area contributed by atoms with E-state index in [4.69, 9.17) is 0 Å². The Bertz CT molecular complexity index is 458. The zero-order chi connectivity index (χ0) is 14.3. The third-order valence-electron chi connectivity index (χ3n) is 2.94. The molecule has 1 rings (SSSR count). The van der Waals surface area contributed by atoms with Gasteiger partial charge in [-0.3, -0.25) is 0 Å². The zero-order valence-electron chi connectivity index (χ0n) is 12.0. The summed E-state index contributed by atoms with van der Waals surface area (Å²) in [5, 5.41) is -0.366. The van der Waals surface area contributed by atoms with Crippen molar-refractivity contribution in [3.8, 4) is 0 Å². The monoisotopic (exact) mass is 284 g/mol. The van der Waals surface area contributed by atoms with Gasteiger partial charge in [-0.2, -0.15) is 0 Å². The molecule has 0 radical (unpaired) electrons. The van der Waals surface area contributed by atoms with Crippen LogP contribution >= 0.6 is 0 Å². The molecule has 0 spiro atoms. The van der Waals surface area contributed by atoms with E-state index in [1.807, 2.05) is 25.2 Å². The third-order valence-corrected chi connectivity index (χ3v) is 4.78.